The summed E-state index contributed by atoms with van der Waals surface area (Å²) in [5.74, 6) is -1.88. The van der Waals surface area contributed by atoms with Crippen LogP contribution in [0.5, 0.6) is 5.75 Å². The van der Waals surface area contributed by atoms with E-state index in [9.17, 15) is 19.8 Å². The molecule has 0 bridgehead atoms. The zero-order valence-corrected chi connectivity index (χ0v) is 18.7. The van der Waals surface area contributed by atoms with Crippen molar-refractivity contribution < 1.29 is 24.5 Å². The Morgan fingerprint density at radius 3 is 2.67 bits per heavy atom. The Morgan fingerprint density at radius 2 is 1.97 bits per heavy atom. The Kier molecular flexibility index (Phi) is 7.02. The van der Waals surface area contributed by atoms with Crippen molar-refractivity contribution in [3.63, 3.8) is 0 Å². The highest BCUT2D eigenvalue weighted by atomic mass is 79.9. The van der Waals surface area contributed by atoms with E-state index in [4.69, 9.17) is 16.3 Å². The number of thioether (sulfide) groups is 1. The van der Waals surface area contributed by atoms with E-state index in [1.54, 1.807) is 37.3 Å². The van der Waals surface area contributed by atoms with E-state index in [1.165, 1.54) is 18.2 Å². The molecule has 1 aliphatic rings. The number of carbonyl (C=O) groups is 2. The number of aliphatic hydroxyl groups excluding tert-OH is 1. The predicted molar refractivity (Wildman–Crippen MR) is 121 cm³/mol. The molecule has 0 unspecified atom stereocenters. The van der Waals surface area contributed by atoms with Gasteiger partial charge in [0, 0.05) is 10.0 Å². The van der Waals surface area contributed by atoms with Gasteiger partial charge in [-0.2, -0.15) is 0 Å². The molecule has 9 heteroatoms. The molecule has 30 heavy (non-hydrogen) atoms. The summed E-state index contributed by atoms with van der Waals surface area (Å²) in [7, 11) is 0. The number of esters is 1. The highest BCUT2D eigenvalue weighted by Gasteiger charge is 2.34. The Bertz CT molecular complexity index is 1130. The fourth-order valence-corrected chi connectivity index (χ4v) is 4.16. The molecule has 2 aromatic rings. The molecule has 3 rings (SSSR count). The predicted octanol–water partition coefficient (Wildman–Crippen LogP) is 5.51. The topological polar surface area (TPSA) is 96.2 Å². The monoisotopic (exact) mass is 507 g/mol. The molecule has 6 nitrogen and oxygen atoms in total. The molecule has 0 atom stereocenters. The molecule has 0 saturated heterocycles. The van der Waals surface area contributed by atoms with Crippen molar-refractivity contribution >= 4 is 62.3 Å². The average molecular weight is 509 g/mol. The van der Waals surface area contributed by atoms with Gasteiger partial charge in [-0.15, -0.1) is 0 Å². The van der Waals surface area contributed by atoms with E-state index in [2.05, 4.69) is 20.9 Å². The van der Waals surface area contributed by atoms with Gasteiger partial charge in [0.25, 0.3) is 5.91 Å². The highest BCUT2D eigenvalue weighted by Crippen LogP contribution is 2.40. The number of rotatable bonds is 4. The third-order valence-corrected chi connectivity index (χ3v) is 5.80. The number of halogens is 2. The Hall–Kier alpha value is -2.55. The van der Waals surface area contributed by atoms with Crippen LogP contribution in [0.3, 0.4) is 0 Å². The van der Waals surface area contributed by atoms with Gasteiger partial charge in [0.2, 0.25) is 0 Å². The summed E-state index contributed by atoms with van der Waals surface area (Å²) in [5, 5.41) is 20.9. The summed E-state index contributed by atoms with van der Waals surface area (Å²) >= 11 is 10.3. The van der Waals surface area contributed by atoms with Crippen molar-refractivity contribution in [2.45, 2.75) is 6.92 Å². The van der Waals surface area contributed by atoms with Gasteiger partial charge in [-0.05, 0) is 43.3 Å². The zero-order chi connectivity index (χ0) is 21.8. The number of hydrogen-bond acceptors (Lipinski definition) is 6. The molecule has 1 aliphatic heterocycles. The van der Waals surface area contributed by atoms with E-state index in [0.29, 0.717) is 10.0 Å². The van der Waals surface area contributed by atoms with Crippen LogP contribution in [-0.4, -0.2) is 33.7 Å². The van der Waals surface area contributed by atoms with Gasteiger partial charge >= 0.3 is 5.97 Å². The van der Waals surface area contributed by atoms with Gasteiger partial charge in [0.15, 0.2) is 0 Å². The molecule has 0 aliphatic carbocycles. The van der Waals surface area contributed by atoms with E-state index in [-0.39, 0.29) is 44.2 Å². The van der Waals surface area contributed by atoms with Crippen molar-refractivity contribution in [1.82, 2.24) is 0 Å². The zero-order valence-electron chi connectivity index (χ0n) is 15.6. The minimum Gasteiger partial charge on any atom is -0.507 e. The lowest BCUT2D eigenvalue weighted by Crippen LogP contribution is -2.14. The van der Waals surface area contributed by atoms with E-state index < -0.39 is 11.9 Å². The standard InChI is InChI=1S/C21H15BrClNO5S/c1-2-29-21(28)17-18(26)16(10-11-9-12(22)7-8-15(11)25)30-20(17)24-19(27)13-5-3-4-6-14(13)23/h3-10,25-26H,2H2,1H3/b16-10-,24-20?. The van der Waals surface area contributed by atoms with Gasteiger partial charge < -0.3 is 14.9 Å². The summed E-state index contributed by atoms with van der Waals surface area (Å²) in [4.78, 5) is 29.3. The molecular weight excluding hydrogens is 494 g/mol. The second-order valence-electron chi connectivity index (χ2n) is 5.96. The molecule has 1 amide bonds. The second-order valence-corrected chi connectivity index (χ2v) is 8.31. The summed E-state index contributed by atoms with van der Waals surface area (Å²) in [6, 6.07) is 11.2. The largest absolute Gasteiger partial charge is 0.507 e. The van der Waals surface area contributed by atoms with Crippen LogP contribution in [0.1, 0.15) is 22.8 Å². The van der Waals surface area contributed by atoms with Crippen LogP contribution in [0.2, 0.25) is 5.02 Å². The van der Waals surface area contributed by atoms with E-state index >= 15 is 0 Å². The fraction of sp³-hybridized carbons (Fsp3) is 0.0952. The van der Waals surface area contributed by atoms with Crippen molar-refractivity contribution in [3.05, 3.63) is 79.3 Å². The lowest BCUT2D eigenvalue weighted by Gasteiger charge is -2.04. The first-order valence-corrected chi connectivity index (χ1v) is 10.7. The molecule has 0 saturated carbocycles. The van der Waals surface area contributed by atoms with Crippen LogP contribution in [0.25, 0.3) is 6.08 Å². The number of ether oxygens (including phenoxy) is 1. The minimum atomic E-state index is -0.810. The van der Waals surface area contributed by atoms with Crippen molar-refractivity contribution in [1.29, 1.82) is 0 Å². The lowest BCUT2D eigenvalue weighted by atomic mass is 10.1. The van der Waals surface area contributed by atoms with E-state index in [1.807, 2.05) is 0 Å². The third kappa shape index (κ3) is 4.77. The minimum absolute atomic E-state index is 0.0170. The molecule has 154 valence electrons. The lowest BCUT2D eigenvalue weighted by molar-refractivity contribution is -0.138. The van der Waals surface area contributed by atoms with Gasteiger partial charge in [0.1, 0.15) is 22.1 Å². The number of carbonyl (C=O) groups excluding carboxylic acids is 2. The molecule has 0 fully saturated rings. The Balaban J connectivity index is 2.06. The van der Waals surface area contributed by atoms with Gasteiger partial charge in [-0.25, -0.2) is 9.79 Å². The van der Waals surface area contributed by atoms with Crippen LogP contribution in [0.4, 0.5) is 0 Å². The summed E-state index contributed by atoms with van der Waals surface area (Å²) < 4.78 is 5.72. The Morgan fingerprint density at radius 1 is 1.23 bits per heavy atom. The maximum Gasteiger partial charge on any atom is 0.344 e. The number of nitrogens with zero attached hydrogens (tertiary/aromatic N) is 1. The maximum atomic E-state index is 12.6. The highest BCUT2D eigenvalue weighted by molar-refractivity contribution is 9.10. The second kappa shape index (κ2) is 9.51. The number of benzene rings is 2. The fourth-order valence-electron chi connectivity index (χ4n) is 2.56. The molecule has 0 spiro atoms. The SMILES string of the molecule is CCOC(=O)C1=C(O)/C(=C/c2cc(Br)ccc2O)SC1=NC(=O)c1ccccc1Cl. The van der Waals surface area contributed by atoms with Crippen LogP contribution in [0, 0.1) is 0 Å². The number of phenols is 1. The first-order valence-electron chi connectivity index (χ1n) is 8.68. The Labute approximate surface area is 190 Å². The first-order chi connectivity index (χ1) is 14.3. The third-order valence-electron chi connectivity index (χ3n) is 3.95. The summed E-state index contributed by atoms with van der Waals surface area (Å²) in [5.41, 5.74) is 0.348. The van der Waals surface area contributed by atoms with Crippen LogP contribution >= 0.6 is 39.3 Å². The smallest absolute Gasteiger partial charge is 0.344 e. The van der Waals surface area contributed by atoms with Crippen LogP contribution in [0.15, 0.2) is 68.2 Å². The maximum absolute atomic E-state index is 12.6. The molecule has 0 aromatic heterocycles. The number of aromatic hydroxyl groups is 1. The number of amides is 1. The van der Waals surface area contributed by atoms with Crippen molar-refractivity contribution in [3.8, 4) is 5.75 Å². The number of aliphatic imine (C=N–C) groups is 1. The van der Waals surface area contributed by atoms with Gasteiger partial charge in [0.05, 0.1) is 22.1 Å². The molecule has 0 radical (unpaired) electrons. The molecule has 1 heterocycles. The molecule has 2 N–H and O–H groups in total. The number of phenolic OH excluding ortho intramolecular Hbond substituents is 1. The summed E-state index contributed by atoms with van der Waals surface area (Å²) in [6.07, 6.45) is 1.49. The average Bonchev–Trinajstić information content (AvgIpc) is 3.00. The number of aliphatic hydroxyl groups is 1. The number of hydrogen-bond donors (Lipinski definition) is 2. The van der Waals surface area contributed by atoms with Crippen LogP contribution < -0.4 is 0 Å². The van der Waals surface area contributed by atoms with Gasteiger partial charge in [-0.1, -0.05) is 51.4 Å². The van der Waals surface area contributed by atoms with Crippen molar-refractivity contribution in [2.75, 3.05) is 6.61 Å². The summed E-state index contributed by atoms with van der Waals surface area (Å²) in [6.45, 7) is 1.71. The van der Waals surface area contributed by atoms with Crippen LogP contribution in [-0.2, 0) is 9.53 Å². The molecule has 2 aromatic carbocycles. The van der Waals surface area contributed by atoms with Crippen molar-refractivity contribution in [2.24, 2.45) is 4.99 Å². The normalized spacial score (nSPS) is 16.4. The molecular formula is C21H15BrClNO5S. The quantitative estimate of drug-likeness (QED) is 0.529. The van der Waals surface area contributed by atoms with E-state index in [0.717, 1.165) is 11.8 Å². The van der Waals surface area contributed by atoms with Gasteiger partial charge in [-0.3, -0.25) is 4.79 Å². The first kappa shape index (κ1) is 22.1.